The van der Waals surface area contributed by atoms with Gasteiger partial charge in [-0.15, -0.1) is 0 Å². The summed E-state index contributed by atoms with van der Waals surface area (Å²) in [7, 11) is 0. The summed E-state index contributed by atoms with van der Waals surface area (Å²) in [4.78, 5) is 4.04. The predicted octanol–water partition coefficient (Wildman–Crippen LogP) is 2.72. The van der Waals surface area contributed by atoms with Crippen LogP contribution in [0.15, 0.2) is 18.3 Å². The molecule has 0 spiro atoms. The molecule has 0 radical (unpaired) electrons. The number of hydrogen-bond donors (Lipinski definition) is 2. The van der Waals surface area contributed by atoms with Crippen LogP contribution in [0, 0.1) is 0 Å². The number of nitrogens with one attached hydrogen (secondary N) is 1. The topological polar surface area (TPSA) is 50.9 Å². The molecule has 1 rings (SSSR count). The SMILES string of the molecule is CCCNC(CSC(C)C)Cc1ccnc(N)c1. The summed E-state index contributed by atoms with van der Waals surface area (Å²) in [6.45, 7) is 7.76. The Labute approximate surface area is 115 Å². The zero-order valence-electron chi connectivity index (χ0n) is 11.6. The molecule has 3 N–H and O–H groups in total. The summed E-state index contributed by atoms with van der Waals surface area (Å²) >= 11 is 2.00. The maximum absolute atomic E-state index is 5.72. The standard InChI is InChI=1S/C14H25N3S/c1-4-6-16-13(10-18-11(2)3)8-12-5-7-17-14(15)9-12/h5,7,9,11,13,16H,4,6,8,10H2,1-3H3,(H2,15,17). The largest absolute Gasteiger partial charge is 0.384 e. The minimum Gasteiger partial charge on any atom is -0.384 e. The molecule has 3 nitrogen and oxygen atoms in total. The van der Waals surface area contributed by atoms with Crippen LogP contribution in [-0.4, -0.2) is 28.6 Å². The van der Waals surface area contributed by atoms with E-state index in [2.05, 4.69) is 37.1 Å². The molecule has 0 aromatic carbocycles. The van der Waals surface area contributed by atoms with E-state index < -0.39 is 0 Å². The first kappa shape index (κ1) is 15.3. The van der Waals surface area contributed by atoms with Crippen molar-refractivity contribution < 1.29 is 0 Å². The molecule has 0 aliphatic rings. The van der Waals surface area contributed by atoms with E-state index in [1.54, 1.807) is 6.20 Å². The fourth-order valence-corrected chi connectivity index (χ4v) is 2.61. The molecule has 0 bridgehead atoms. The third kappa shape index (κ3) is 6.26. The van der Waals surface area contributed by atoms with Gasteiger partial charge in [-0.3, -0.25) is 0 Å². The Kier molecular flexibility index (Phi) is 7.13. The summed E-state index contributed by atoms with van der Waals surface area (Å²) in [5, 5.41) is 4.29. The van der Waals surface area contributed by atoms with Gasteiger partial charge >= 0.3 is 0 Å². The van der Waals surface area contributed by atoms with E-state index >= 15 is 0 Å². The Morgan fingerprint density at radius 1 is 1.44 bits per heavy atom. The monoisotopic (exact) mass is 267 g/mol. The average molecular weight is 267 g/mol. The normalized spacial score (nSPS) is 12.9. The van der Waals surface area contributed by atoms with Crippen molar-refractivity contribution in [2.24, 2.45) is 0 Å². The van der Waals surface area contributed by atoms with Crippen LogP contribution in [0.5, 0.6) is 0 Å². The fraction of sp³-hybridized carbons (Fsp3) is 0.643. The Morgan fingerprint density at radius 3 is 2.83 bits per heavy atom. The number of nitrogen functional groups attached to an aromatic ring is 1. The lowest BCUT2D eigenvalue weighted by atomic mass is 10.1. The number of rotatable bonds is 8. The summed E-state index contributed by atoms with van der Waals surface area (Å²) in [5.74, 6) is 1.75. The number of pyridine rings is 1. The lowest BCUT2D eigenvalue weighted by molar-refractivity contribution is 0.549. The average Bonchev–Trinajstić information content (AvgIpc) is 2.32. The maximum Gasteiger partial charge on any atom is 0.123 e. The van der Waals surface area contributed by atoms with Crippen LogP contribution in [0.25, 0.3) is 0 Å². The summed E-state index contributed by atoms with van der Waals surface area (Å²) in [5.41, 5.74) is 6.98. The lowest BCUT2D eigenvalue weighted by Gasteiger charge is -2.19. The van der Waals surface area contributed by atoms with Gasteiger partial charge in [0.25, 0.3) is 0 Å². The first-order valence-corrected chi connectivity index (χ1v) is 7.72. The number of thioether (sulfide) groups is 1. The Bertz CT molecular complexity index is 342. The Balaban J connectivity index is 2.53. The molecule has 0 amide bonds. The van der Waals surface area contributed by atoms with Gasteiger partial charge in [-0.1, -0.05) is 20.8 Å². The molecule has 1 aromatic rings. The van der Waals surface area contributed by atoms with Crippen molar-refractivity contribution in [2.45, 2.75) is 44.9 Å². The van der Waals surface area contributed by atoms with E-state index in [1.165, 1.54) is 12.0 Å². The zero-order valence-corrected chi connectivity index (χ0v) is 12.5. The van der Waals surface area contributed by atoms with E-state index in [-0.39, 0.29) is 0 Å². The second kappa shape index (κ2) is 8.38. The minimum atomic E-state index is 0.513. The Hall–Kier alpha value is -0.740. The van der Waals surface area contributed by atoms with E-state index in [9.17, 15) is 0 Å². The fourth-order valence-electron chi connectivity index (χ4n) is 1.75. The number of nitrogens with zero attached hydrogens (tertiary/aromatic N) is 1. The van der Waals surface area contributed by atoms with Crippen molar-refractivity contribution in [3.63, 3.8) is 0 Å². The highest BCUT2D eigenvalue weighted by Gasteiger charge is 2.10. The third-order valence-electron chi connectivity index (χ3n) is 2.64. The van der Waals surface area contributed by atoms with Crippen molar-refractivity contribution in [1.29, 1.82) is 0 Å². The van der Waals surface area contributed by atoms with Gasteiger partial charge in [0.15, 0.2) is 0 Å². The molecule has 1 heterocycles. The lowest BCUT2D eigenvalue weighted by Crippen LogP contribution is -2.34. The maximum atomic E-state index is 5.72. The van der Waals surface area contributed by atoms with E-state index in [1.807, 2.05) is 17.8 Å². The van der Waals surface area contributed by atoms with Crippen molar-refractivity contribution in [3.8, 4) is 0 Å². The molecule has 0 aliphatic carbocycles. The van der Waals surface area contributed by atoms with Crippen molar-refractivity contribution in [2.75, 3.05) is 18.0 Å². The van der Waals surface area contributed by atoms with Gasteiger partial charge in [-0.2, -0.15) is 11.8 Å². The number of hydrogen-bond acceptors (Lipinski definition) is 4. The predicted molar refractivity (Wildman–Crippen MR) is 82.0 cm³/mol. The highest BCUT2D eigenvalue weighted by atomic mass is 32.2. The van der Waals surface area contributed by atoms with E-state index in [0.717, 1.165) is 18.7 Å². The van der Waals surface area contributed by atoms with Gasteiger partial charge in [0, 0.05) is 18.0 Å². The van der Waals surface area contributed by atoms with Crippen LogP contribution in [0.2, 0.25) is 0 Å². The van der Waals surface area contributed by atoms with Crippen LogP contribution in [-0.2, 0) is 6.42 Å². The number of anilines is 1. The molecule has 18 heavy (non-hydrogen) atoms. The van der Waals surface area contributed by atoms with Gasteiger partial charge in [0.2, 0.25) is 0 Å². The number of nitrogens with two attached hydrogens (primary N) is 1. The van der Waals surface area contributed by atoms with Gasteiger partial charge in [-0.25, -0.2) is 4.98 Å². The first-order chi connectivity index (χ1) is 8.61. The molecule has 0 saturated carbocycles. The van der Waals surface area contributed by atoms with Gasteiger partial charge in [0.05, 0.1) is 0 Å². The summed E-state index contributed by atoms with van der Waals surface area (Å²) in [6.07, 6.45) is 3.98. The molecular formula is C14H25N3S. The Morgan fingerprint density at radius 2 is 2.22 bits per heavy atom. The van der Waals surface area contributed by atoms with Gasteiger partial charge < -0.3 is 11.1 Å². The summed E-state index contributed by atoms with van der Waals surface area (Å²) in [6, 6.07) is 4.54. The van der Waals surface area contributed by atoms with E-state index in [0.29, 0.717) is 17.1 Å². The zero-order chi connectivity index (χ0) is 13.4. The second-order valence-electron chi connectivity index (χ2n) is 4.83. The van der Waals surface area contributed by atoms with Crippen LogP contribution in [0.4, 0.5) is 5.82 Å². The molecule has 102 valence electrons. The van der Waals surface area contributed by atoms with Crippen LogP contribution in [0.1, 0.15) is 32.8 Å². The molecule has 4 heteroatoms. The van der Waals surface area contributed by atoms with Crippen molar-refractivity contribution >= 4 is 17.6 Å². The molecule has 0 fully saturated rings. The first-order valence-electron chi connectivity index (χ1n) is 6.67. The van der Waals surface area contributed by atoms with Crippen LogP contribution >= 0.6 is 11.8 Å². The number of aromatic nitrogens is 1. The second-order valence-corrected chi connectivity index (χ2v) is 6.44. The highest BCUT2D eigenvalue weighted by Crippen LogP contribution is 2.14. The van der Waals surface area contributed by atoms with Crippen molar-refractivity contribution in [3.05, 3.63) is 23.9 Å². The molecular weight excluding hydrogens is 242 g/mol. The smallest absolute Gasteiger partial charge is 0.123 e. The highest BCUT2D eigenvalue weighted by molar-refractivity contribution is 7.99. The van der Waals surface area contributed by atoms with Gasteiger partial charge in [-0.05, 0) is 42.3 Å². The minimum absolute atomic E-state index is 0.513. The summed E-state index contributed by atoms with van der Waals surface area (Å²) < 4.78 is 0. The third-order valence-corrected chi connectivity index (χ3v) is 3.90. The molecule has 1 atom stereocenters. The molecule has 0 aliphatic heterocycles. The quantitative estimate of drug-likeness (QED) is 0.760. The molecule has 0 saturated heterocycles. The molecule has 1 aromatic heterocycles. The van der Waals surface area contributed by atoms with E-state index in [4.69, 9.17) is 5.73 Å². The molecule has 1 unspecified atom stereocenters. The van der Waals surface area contributed by atoms with Gasteiger partial charge in [0.1, 0.15) is 5.82 Å². The van der Waals surface area contributed by atoms with Crippen LogP contribution in [0.3, 0.4) is 0 Å². The van der Waals surface area contributed by atoms with Crippen molar-refractivity contribution in [1.82, 2.24) is 10.3 Å². The van der Waals surface area contributed by atoms with Crippen LogP contribution < -0.4 is 11.1 Å².